The molecule has 0 saturated carbocycles. The first kappa shape index (κ1) is 9.99. The molecule has 0 bridgehead atoms. The van der Waals surface area contributed by atoms with E-state index in [2.05, 4.69) is 14.5 Å². The maximum Gasteiger partial charge on any atom is 0.509 e. The van der Waals surface area contributed by atoms with E-state index in [1.54, 1.807) is 24.3 Å². The molecule has 1 aromatic rings. The van der Waals surface area contributed by atoms with Gasteiger partial charge in [0.2, 0.25) is 6.10 Å². The molecule has 1 atom stereocenters. The van der Waals surface area contributed by atoms with Gasteiger partial charge in [-0.3, -0.25) is 4.98 Å². The van der Waals surface area contributed by atoms with Crippen molar-refractivity contribution in [2.45, 2.75) is 6.10 Å². The summed E-state index contributed by atoms with van der Waals surface area (Å²) in [5.41, 5.74) is 0.375. The lowest BCUT2D eigenvalue weighted by atomic mass is 10.2. The van der Waals surface area contributed by atoms with Crippen LogP contribution in [-0.2, 0) is 9.47 Å². The van der Waals surface area contributed by atoms with Crippen LogP contribution in [0.25, 0.3) is 0 Å². The lowest BCUT2D eigenvalue weighted by Gasteiger charge is -2.08. The van der Waals surface area contributed by atoms with E-state index in [-0.39, 0.29) is 0 Å². The molecule has 0 fully saturated rings. The van der Waals surface area contributed by atoms with Gasteiger partial charge in [0.25, 0.3) is 0 Å². The second kappa shape index (κ2) is 4.82. The summed E-state index contributed by atoms with van der Waals surface area (Å²) >= 11 is 0. The van der Waals surface area contributed by atoms with Gasteiger partial charge in [-0.25, -0.2) is 4.79 Å². The number of ether oxygens (including phenoxy) is 2. The van der Waals surface area contributed by atoms with Gasteiger partial charge in [-0.05, 0) is 12.1 Å². The van der Waals surface area contributed by atoms with Crippen LogP contribution < -0.4 is 0 Å². The quantitative estimate of drug-likeness (QED) is 0.662. The van der Waals surface area contributed by atoms with Gasteiger partial charge in [-0.1, -0.05) is 6.07 Å². The summed E-state index contributed by atoms with van der Waals surface area (Å²) in [6.45, 7) is 0. The van der Waals surface area contributed by atoms with Crippen molar-refractivity contribution in [2.75, 3.05) is 7.11 Å². The van der Waals surface area contributed by atoms with Gasteiger partial charge in [-0.2, -0.15) is 5.26 Å². The van der Waals surface area contributed by atoms with Crippen LogP contribution in [0.5, 0.6) is 0 Å². The molecule has 0 aliphatic heterocycles. The Morgan fingerprint density at radius 2 is 2.43 bits per heavy atom. The van der Waals surface area contributed by atoms with Crippen LogP contribution >= 0.6 is 0 Å². The molecule has 0 radical (unpaired) electrons. The third-order valence-corrected chi connectivity index (χ3v) is 1.45. The number of hydrogen-bond donors (Lipinski definition) is 0. The highest BCUT2D eigenvalue weighted by Crippen LogP contribution is 2.13. The van der Waals surface area contributed by atoms with Gasteiger partial charge in [0.15, 0.2) is 0 Å². The molecule has 72 valence electrons. The van der Waals surface area contributed by atoms with Gasteiger partial charge in [0, 0.05) is 6.20 Å². The standard InChI is InChI=1S/C9H8N2O3/c1-13-9(12)14-8(6-10)7-4-2-3-5-11-7/h2-5,8H,1H3/t8-/m1/s1. The van der Waals surface area contributed by atoms with Crippen molar-refractivity contribution in [1.82, 2.24) is 4.98 Å². The maximum absolute atomic E-state index is 10.7. The van der Waals surface area contributed by atoms with Crippen LogP contribution in [0.2, 0.25) is 0 Å². The van der Waals surface area contributed by atoms with Crippen LogP contribution in [0.3, 0.4) is 0 Å². The second-order valence-corrected chi connectivity index (χ2v) is 2.34. The van der Waals surface area contributed by atoms with Crippen molar-refractivity contribution in [3.05, 3.63) is 30.1 Å². The normalized spacial score (nSPS) is 11.1. The summed E-state index contributed by atoms with van der Waals surface area (Å²) in [5, 5.41) is 8.70. The average molecular weight is 192 g/mol. The van der Waals surface area contributed by atoms with Crippen LogP contribution in [-0.4, -0.2) is 18.2 Å². The molecule has 1 rings (SSSR count). The molecule has 5 heteroatoms. The van der Waals surface area contributed by atoms with Gasteiger partial charge in [0.05, 0.1) is 12.8 Å². The number of carbonyl (C=O) groups is 1. The average Bonchev–Trinajstić information content (AvgIpc) is 2.26. The largest absolute Gasteiger partial charge is 0.509 e. The molecule has 0 aliphatic rings. The summed E-state index contributed by atoms with van der Waals surface area (Å²) in [4.78, 5) is 14.6. The molecule has 1 aromatic heterocycles. The van der Waals surface area contributed by atoms with Gasteiger partial charge >= 0.3 is 6.16 Å². The van der Waals surface area contributed by atoms with Crippen molar-refractivity contribution in [3.8, 4) is 6.07 Å². The molecule has 5 nitrogen and oxygen atoms in total. The van der Waals surface area contributed by atoms with Crippen molar-refractivity contribution in [1.29, 1.82) is 5.26 Å². The van der Waals surface area contributed by atoms with Gasteiger partial charge in [0.1, 0.15) is 6.07 Å². The highest BCUT2D eigenvalue weighted by molar-refractivity contribution is 5.60. The Morgan fingerprint density at radius 1 is 1.64 bits per heavy atom. The van der Waals surface area contributed by atoms with Crippen molar-refractivity contribution in [3.63, 3.8) is 0 Å². The number of methoxy groups -OCH3 is 1. The van der Waals surface area contributed by atoms with Gasteiger partial charge < -0.3 is 9.47 Å². The number of hydrogen-bond acceptors (Lipinski definition) is 5. The highest BCUT2D eigenvalue weighted by atomic mass is 16.7. The summed E-state index contributed by atoms with van der Waals surface area (Å²) in [5.74, 6) is 0. The minimum Gasteiger partial charge on any atom is -0.438 e. The maximum atomic E-state index is 10.7. The zero-order valence-corrected chi connectivity index (χ0v) is 7.51. The minimum absolute atomic E-state index is 0.375. The zero-order chi connectivity index (χ0) is 10.4. The molecule has 0 aromatic carbocycles. The summed E-state index contributed by atoms with van der Waals surface area (Å²) in [6.07, 6.45) is -0.411. The number of aromatic nitrogens is 1. The molecule has 0 saturated heterocycles. The second-order valence-electron chi connectivity index (χ2n) is 2.34. The van der Waals surface area contributed by atoms with Crippen molar-refractivity contribution in [2.24, 2.45) is 0 Å². The molecular formula is C9H8N2O3. The SMILES string of the molecule is COC(=O)O[C@H](C#N)c1ccccn1. The Labute approximate surface area is 80.9 Å². The molecule has 0 aliphatic carbocycles. The van der Waals surface area contributed by atoms with E-state index < -0.39 is 12.3 Å². The Morgan fingerprint density at radius 3 is 2.93 bits per heavy atom. The van der Waals surface area contributed by atoms with E-state index in [9.17, 15) is 4.79 Å². The van der Waals surface area contributed by atoms with Gasteiger partial charge in [-0.15, -0.1) is 0 Å². The van der Waals surface area contributed by atoms with E-state index >= 15 is 0 Å². The highest BCUT2D eigenvalue weighted by Gasteiger charge is 2.16. The van der Waals surface area contributed by atoms with Crippen molar-refractivity contribution >= 4 is 6.16 Å². The summed E-state index contributed by atoms with van der Waals surface area (Å²) < 4.78 is 8.91. The monoisotopic (exact) mass is 192 g/mol. The number of nitriles is 1. The first-order valence-corrected chi connectivity index (χ1v) is 3.83. The zero-order valence-electron chi connectivity index (χ0n) is 7.51. The van der Waals surface area contributed by atoms with E-state index in [1.807, 2.05) is 0 Å². The Hall–Kier alpha value is -2.09. The van der Waals surface area contributed by atoms with Crippen LogP contribution in [0.4, 0.5) is 4.79 Å². The molecule has 14 heavy (non-hydrogen) atoms. The predicted octanol–water partition coefficient (Wildman–Crippen LogP) is 1.43. The number of pyridine rings is 1. The van der Waals surface area contributed by atoms with E-state index in [4.69, 9.17) is 5.26 Å². The topological polar surface area (TPSA) is 72.2 Å². The van der Waals surface area contributed by atoms with Crippen LogP contribution in [0.15, 0.2) is 24.4 Å². The van der Waals surface area contributed by atoms with Crippen molar-refractivity contribution < 1.29 is 14.3 Å². The molecule has 1 heterocycles. The first-order valence-electron chi connectivity index (χ1n) is 3.83. The Balaban J connectivity index is 2.74. The van der Waals surface area contributed by atoms with E-state index in [1.165, 1.54) is 13.3 Å². The predicted molar refractivity (Wildman–Crippen MR) is 46.1 cm³/mol. The molecule has 0 unspecified atom stereocenters. The smallest absolute Gasteiger partial charge is 0.438 e. The summed E-state index contributed by atoms with van der Waals surface area (Å²) in [6, 6.07) is 6.80. The lowest BCUT2D eigenvalue weighted by molar-refractivity contribution is 0.0532. The fourth-order valence-corrected chi connectivity index (χ4v) is 0.828. The summed E-state index contributed by atoms with van der Waals surface area (Å²) in [7, 11) is 1.18. The number of rotatable bonds is 2. The third kappa shape index (κ3) is 2.45. The third-order valence-electron chi connectivity index (χ3n) is 1.45. The number of nitrogens with zero attached hydrogens (tertiary/aromatic N) is 2. The fourth-order valence-electron chi connectivity index (χ4n) is 0.828. The van der Waals surface area contributed by atoms with Crippen LogP contribution in [0.1, 0.15) is 11.8 Å². The molecule has 0 amide bonds. The lowest BCUT2D eigenvalue weighted by Crippen LogP contribution is -2.10. The fraction of sp³-hybridized carbons (Fsp3) is 0.222. The minimum atomic E-state index is -1.02. The number of carbonyl (C=O) groups excluding carboxylic acids is 1. The first-order chi connectivity index (χ1) is 6.77. The molecular weight excluding hydrogens is 184 g/mol. The van der Waals surface area contributed by atoms with Crippen LogP contribution in [0, 0.1) is 11.3 Å². The van der Waals surface area contributed by atoms with E-state index in [0.717, 1.165) is 0 Å². The molecule has 0 spiro atoms. The Bertz CT molecular complexity index is 345. The van der Waals surface area contributed by atoms with E-state index in [0.29, 0.717) is 5.69 Å². The molecule has 0 N–H and O–H groups in total. The Kier molecular flexibility index (Phi) is 3.44.